The molecule has 2 fully saturated rings. The molecule has 1 aromatic carbocycles. The number of benzene rings is 1. The molecule has 474 valence electrons. The standard InChI is InChI=1S/C48H73N13O17S3.C2H4O2/c1-24(62)39-46(75)58-28(6-3-4-15-49)43(72)56-29(12-13-38(67)68)41(70)52-21-37(66)55-33(48(77)78)23-81-80-22-27(50)40(69)59-32(19-35(51)64)47(76)61-16-5-7-34(61)45(74)57-30(14-17-79-2)42(71)53-20-36(65)54-31(44(73)60-39)18-25-8-10-26(63)11-9-25;1-2(3)4/h8-11,24,27-34,39,62-63H,3-7,12-23,49-50H2,1-2H3,(H2,51,64)(H,52,70)(H,53,71)(H,54,65)(H,55,66)(H,56,72)(H,57,74)(H,58,75)(H,59,69)(H,60,73)(H,67,68)(H,77,78);1H3,(H,3,4)/t24-,27+,28+,29+,30+,31+,32+,33+,34+,39+;/m1./s1. The van der Waals surface area contributed by atoms with Crippen LogP contribution >= 0.6 is 33.3 Å². The molecule has 0 bridgehead atoms. The first-order valence-corrected chi connectivity index (χ1v) is 30.5. The highest BCUT2D eigenvalue weighted by Crippen LogP contribution is 2.24. The fraction of sp³-hybridized carbons (Fsp3) is 0.600. The number of aliphatic hydroxyl groups excluding tert-OH is 1. The van der Waals surface area contributed by atoms with Crippen molar-refractivity contribution in [3.05, 3.63) is 29.8 Å². The Morgan fingerprint density at radius 3 is 1.80 bits per heavy atom. The first-order valence-electron chi connectivity index (χ1n) is 26.6. The van der Waals surface area contributed by atoms with Crippen molar-refractivity contribution in [2.24, 2.45) is 17.2 Å². The van der Waals surface area contributed by atoms with Crippen molar-refractivity contribution >= 4 is 116 Å². The van der Waals surface area contributed by atoms with Crippen LogP contribution in [0.2, 0.25) is 0 Å². The Hall–Kier alpha value is -7.47. The number of aliphatic carboxylic acids is 3. The van der Waals surface area contributed by atoms with Crippen molar-refractivity contribution in [2.75, 3.05) is 49.7 Å². The van der Waals surface area contributed by atoms with Crippen molar-refractivity contribution in [1.82, 2.24) is 52.8 Å². The monoisotopic (exact) mass is 1260 g/mol. The van der Waals surface area contributed by atoms with Crippen molar-refractivity contribution in [1.29, 1.82) is 0 Å². The molecule has 3 rings (SSSR count). The molecule has 0 aliphatic carbocycles. The summed E-state index contributed by atoms with van der Waals surface area (Å²) in [5.74, 6) is -14.7. The van der Waals surface area contributed by atoms with Crippen LogP contribution in [0.5, 0.6) is 5.75 Å². The summed E-state index contributed by atoms with van der Waals surface area (Å²) in [6, 6.07) is -8.12. The molecule has 0 unspecified atom stereocenters. The number of primary amides is 1. The zero-order valence-electron chi connectivity index (χ0n) is 47.0. The topological polar surface area (TPSA) is 530 Å². The molecule has 0 radical (unpaired) electrons. The Labute approximate surface area is 500 Å². The number of hydrogen-bond acceptors (Lipinski definition) is 21. The molecule has 0 saturated carbocycles. The number of carboxylic acid groups (broad SMARTS) is 3. The van der Waals surface area contributed by atoms with Gasteiger partial charge in [0.1, 0.15) is 54.1 Å². The number of unbranched alkanes of at least 4 members (excludes halogenated alkanes) is 1. The number of carboxylic acids is 3. The zero-order valence-corrected chi connectivity index (χ0v) is 49.4. The Bertz CT molecular complexity index is 2510. The number of nitrogens with two attached hydrogens (primary N) is 3. The fourth-order valence-corrected chi connectivity index (χ4v) is 10.8. The van der Waals surface area contributed by atoms with Gasteiger partial charge in [0.15, 0.2) is 0 Å². The van der Waals surface area contributed by atoms with Gasteiger partial charge in [-0.15, -0.1) is 0 Å². The second-order valence-corrected chi connectivity index (χ2v) is 22.9. The number of phenols is 1. The van der Waals surface area contributed by atoms with Gasteiger partial charge >= 0.3 is 11.9 Å². The van der Waals surface area contributed by atoms with E-state index in [0.717, 1.165) is 40.3 Å². The summed E-state index contributed by atoms with van der Waals surface area (Å²) in [5, 5.41) is 69.1. The number of fused-ring (bicyclic) bond motifs is 1. The van der Waals surface area contributed by atoms with Gasteiger partial charge in [0.05, 0.1) is 31.7 Å². The number of nitrogens with zero attached hydrogens (tertiary/aromatic N) is 1. The van der Waals surface area contributed by atoms with Crippen molar-refractivity contribution in [3.8, 4) is 5.75 Å². The van der Waals surface area contributed by atoms with E-state index >= 15 is 0 Å². The van der Waals surface area contributed by atoms with Gasteiger partial charge in [-0.3, -0.25) is 62.3 Å². The lowest BCUT2D eigenvalue weighted by molar-refractivity contribution is -0.143. The van der Waals surface area contributed by atoms with Gasteiger partial charge in [-0.2, -0.15) is 11.8 Å². The quantitative estimate of drug-likeness (QED) is 0.0542. The lowest BCUT2D eigenvalue weighted by atomic mass is 10.0. The molecule has 0 aromatic heterocycles. The molecule has 2 aliphatic heterocycles. The highest BCUT2D eigenvalue weighted by Gasteiger charge is 2.40. The Morgan fingerprint density at radius 2 is 1.24 bits per heavy atom. The maximum Gasteiger partial charge on any atom is 0.327 e. The van der Waals surface area contributed by atoms with E-state index in [9.17, 15) is 82.8 Å². The van der Waals surface area contributed by atoms with Gasteiger partial charge in [0.2, 0.25) is 65.0 Å². The minimum atomic E-state index is -1.83. The molecule has 10 atom stereocenters. The Morgan fingerprint density at radius 1 is 0.694 bits per heavy atom. The number of amides is 11. The van der Waals surface area contributed by atoms with Gasteiger partial charge in [0, 0.05) is 37.8 Å². The summed E-state index contributed by atoms with van der Waals surface area (Å²) in [6.45, 7) is 0.737. The Balaban J connectivity index is 0.00000596. The number of thioether (sulfide) groups is 1. The largest absolute Gasteiger partial charge is 0.508 e. The second-order valence-electron chi connectivity index (χ2n) is 19.4. The number of rotatable bonds is 16. The van der Waals surface area contributed by atoms with E-state index in [1.54, 1.807) is 6.26 Å². The van der Waals surface area contributed by atoms with Crippen LogP contribution in [-0.2, 0) is 73.5 Å². The zero-order chi connectivity index (χ0) is 63.9. The third-order valence-corrected chi connectivity index (χ3v) is 15.5. The molecular formula is C50H77N13O19S3. The number of aromatic hydroxyl groups is 1. The van der Waals surface area contributed by atoms with Gasteiger partial charge < -0.3 is 95.5 Å². The third-order valence-electron chi connectivity index (χ3n) is 12.4. The molecule has 2 aliphatic rings. The minimum Gasteiger partial charge on any atom is -0.508 e. The van der Waals surface area contributed by atoms with Gasteiger partial charge in [0.25, 0.3) is 5.97 Å². The summed E-state index contributed by atoms with van der Waals surface area (Å²) < 4.78 is 0. The van der Waals surface area contributed by atoms with E-state index in [2.05, 4.69) is 47.9 Å². The minimum absolute atomic E-state index is 0.00241. The number of nitrogens with one attached hydrogen (secondary N) is 9. The van der Waals surface area contributed by atoms with E-state index in [-0.39, 0.29) is 62.4 Å². The Kier molecular flexibility index (Phi) is 33.3. The van der Waals surface area contributed by atoms with Crippen molar-refractivity contribution < 1.29 is 92.7 Å². The summed E-state index contributed by atoms with van der Waals surface area (Å²) >= 11 is 1.33. The SMILES string of the molecule is CC(=O)O.CSCC[C@@H]1NC(=O)[C@@H]2CCCN2C(=O)[C@H](CC(N)=O)NC(=O)[C@@H](N)CSSC[C@@H](C(=O)O)NC(=O)CNC(=O)[C@H](CCC(=O)O)NC(=O)[C@H](CCCCN)NC(=O)[C@H]([C@@H](C)O)NC(=O)[C@H](Cc2ccc(O)cc2)NC(=O)CNC1=O. The van der Waals surface area contributed by atoms with E-state index in [1.807, 2.05) is 0 Å². The molecule has 35 heteroatoms. The lowest BCUT2D eigenvalue weighted by Gasteiger charge is -2.30. The lowest BCUT2D eigenvalue weighted by Crippen LogP contribution is -2.61. The number of aliphatic hydroxyl groups is 1. The number of phenolic OH excluding ortho intramolecular Hbond substituents is 1. The number of hydrogen-bond donors (Lipinski definition) is 17. The fourth-order valence-electron chi connectivity index (χ4n) is 8.08. The van der Waals surface area contributed by atoms with Crippen LogP contribution in [0, 0.1) is 0 Å². The summed E-state index contributed by atoms with van der Waals surface area (Å²) in [5.41, 5.74) is 17.6. The molecule has 2 heterocycles. The molecule has 32 nitrogen and oxygen atoms in total. The molecule has 2 saturated heterocycles. The van der Waals surface area contributed by atoms with E-state index in [0.29, 0.717) is 24.2 Å². The van der Waals surface area contributed by atoms with Crippen LogP contribution in [0.25, 0.3) is 0 Å². The summed E-state index contributed by atoms with van der Waals surface area (Å²) in [6.07, 6.45) is -1.30. The average Bonchev–Trinajstić information content (AvgIpc) is 4.18. The van der Waals surface area contributed by atoms with Crippen molar-refractivity contribution in [2.45, 2.75) is 139 Å². The average molecular weight is 1260 g/mol. The summed E-state index contributed by atoms with van der Waals surface area (Å²) in [7, 11) is 1.78. The molecule has 20 N–H and O–H groups in total. The van der Waals surface area contributed by atoms with Crippen LogP contribution < -0.4 is 65.1 Å². The van der Waals surface area contributed by atoms with Crippen molar-refractivity contribution in [3.63, 3.8) is 0 Å². The third kappa shape index (κ3) is 27.9. The summed E-state index contributed by atoms with van der Waals surface area (Å²) in [4.78, 5) is 183. The van der Waals surface area contributed by atoms with E-state index < -0.39 is 176 Å². The normalized spacial score (nSPS) is 24.8. The molecule has 1 aromatic rings. The van der Waals surface area contributed by atoms with E-state index in [4.69, 9.17) is 27.1 Å². The van der Waals surface area contributed by atoms with Gasteiger partial charge in [-0.1, -0.05) is 33.7 Å². The number of carbonyl (C=O) groups excluding carboxylic acids is 11. The molecule has 11 amide bonds. The molecule has 0 spiro atoms. The van der Waals surface area contributed by atoms with Crippen LogP contribution in [0.15, 0.2) is 24.3 Å². The first-order chi connectivity index (χ1) is 40.1. The van der Waals surface area contributed by atoms with Crippen LogP contribution in [0.4, 0.5) is 0 Å². The van der Waals surface area contributed by atoms with Crippen LogP contribution in [-0.4, -0.2) is 223 Å². The van der Waals surface area contributed by atoms with Gasteiger partial charge in [-0.25, -0.2) is 4.79 Å². The van der Waals surface area contributed by atoms with Crippen LogP contribution in [0.3, 0.4) is 0 Å². The first kappa shape index (κ1) is 73.6. The maximum atomic E-state index is 14.1. The molecule has 85 heavy (non-hydrogen) atoms. The highest BCUT2D eigenvalue weighted by molar-refractivity contribution is 8.76. The number of carbonyl (C=O) groups is 14. The predicted molar refractivity (Wildman–Crippen MR) is 308 cm³/mol. The highest BCUT2D eigenvalue weighted by atomic mass is 33.1. The van der Waals surface area contributed by atoms with Crippen LogP contribution in [0.1, 0.15) is 77.2 Å². The smallest absolute Gasteiger partial charge is 0.327 e. The predicted octanol–water partition coefficient (Wildman–Crippen LogP) is -5.55. The maximum absolute atomic E-state index is 14.1. The van der Waals surface area contributed by atoms with E-state index in [1.165, 1.54) is 36.0 Å². The second kappa shape index (κ2) is 38.5. The molecular weight excluding hydrogens is 1180 g/mol. The van der Waals surface area contributed by atoms with Gasteiger partial charge in [-0.05, 0) is 88.1 Å².